The SMILES string of the molecule is NCc1ccc(O)c(C2(N)CCC2)c1. The highest BCUT2D eigenvalue weighted by molar-refractivity contribution is 5.42. The van der Waals surface area contributed by atoms with Gasteiger partial charge in [0.25, 0.3) is 0 Å². The number of rotatable bonds is 2. The molecule has 0 bridgehead atoms. The normalized spacial score (nSPS) is 19.0. The zero-order valence-corrected chi connectivity index (χ0v) is 8.16. The van der Waals surface area contributed by atoms with Crippen LogP contribution in [0.25, 0.3) is 0 Å². The van der Waals surface area contributed by atoms with Crippen molar-refractivity contribution in [3.05, 3.63) is 29.3 Å². The summed E-state index contributed by atoms with van der Waals surface area (Å²) in [6, 6.07) is 5.44. The first-order chi connectivity index (χ1) is 6.65. The molecule has 3 heteroatoms. The first kappa shape index (κ1) is 9.49. The second-order valence-electron chi connectivity index (χ2n) is 4.07. The monoisotopic (exact) mass is 192 g/mol. The largest absolute Gasteiger partial charge is 0.508 e. The van der Waals surface area contributed by atoms with Crippen molar-refractivity contribution >= 4 is 0 Å². The van der Waals surface area contributed by atoms with Gasteiger partial charge >= 0.3 is 0 Å². The van der Waals surface area contributed by atoms with Gasteiger partial charge in [-0.1, -0.05) is 6.07 Å². The smallest absolute Gasteiger partial charge is 0.120 e. The number of benzene rings is 1. The first-order valence-corrected chi connectivity index (χ1v) is 4.97. The van der Waals surface area contributed by atoms with E-state index in [1.807, 2.05) is 12.1 Å². The average Bonchev–Trinajstić information content (AvgIpc) is 2.15. The molecule has 1 saturated carbocycles. The van der Waals surface area contributed by atoms with E-state index in [0.29, 0.717) is 12.3 Å². The molecule has 0 radical (unpaired) electrons. The van der Waals surface area contributed by atoms with Crippen molar-refractivity contribution in [1.29, 1.82) is 0 Å². The van der Waals surface area contributed by atoms with Crippen LogP contribution in [0.2, 0.25) is 0 Å². The molecule has 2 rings (SSSR count). The molecule has 0 saturated heterocycles. The molecule has 0 spiro atoms. The average molecular weight is 192 g/mol. The Morgan fingerprint density at radius 1 is 1.36 bits per heavy atom. The van der Waals surface area contributed by atoms with Gasteiger partial charge in [0.1, 0.15) is 5.75 Å². The maximum atomic E-state index is 9.71. The molecule has 0 heterocycles. The van der Waals surface area contributed by atoms with Crippen LogP contribution in [0.15, 0.2) is 18.2 Å². The van der Waals surface area contributed by atoms with Crippen molar-refractivity contribution in [3.63, 3.8) is 0 Å². The number of nitrogens with two attached hydrogens (primary N) is 2. The van der Waals surface area contributed by atoms with Crippen LogP contribution >= 0.6 is 0 Å². The van der Waals surface area contributed by atoms with Crippen molar-refractivity contribution in [2.24, 2.45) is 11.5 Å². The molecular weight excluding hydrogens is 176 g/mol. The lowest BCUT2D eigenvalue weighted by Gasteiger charge is -2.39. The lowest BCUT2D eigenvalue weighted by Crippen LogP contribution is -2.43. The van der Waals surface area contributed by atoms with Gasteiger partial charge in [-0.05, 0) is 37.0 Å². The van der Waals surface area contributed by atoms with Gasteiger partial charge in [0, 0.05) is 17.6 Å². The molecule has 76 valence electrons. The van der Waals surface area contributed by atoms with Crippen molar-refractivity contribution in [3.8, 4) is 5.75 Å². The highest BCUT2D eigenvalue weighted by Gasteiger charge is 2.36. The van der Waals surface area contributed by atoms with E-state index in [-0.39, 0.29) is 5.54 Å². The number of phenolic OH excluding ortho intramolecular Hbond substituents is 1. The molecule has 1 aromatic carbocycles. The van der Waals surface area contributed by atoms with Crippen LogP contribution in [0, 0.1) is 0 Å². The van der Waals surface area contributed by atoms with Gasteiger partial charge in [-0.25, -0.2) is 0 Å². The van der Waals surface area contributed by atoms with Crippen LogP contribution in [-0.2, 0) is 12.1 Å². The number of phenols is 1. The Kier molecular flexibility index (Phi) is 2.21. The molecule has 1 fully saturated rings. The first-order valence-electron chi connectivity index (χ1n) is 4.97. The van der Waals surface area contributed by atoms with Gasteiger partial charge < -0.3 is 16.6 Å². The summed E-state index contributed by atoms with van der Waals surface area (Å²) in [4.78, 5) is 0. The Hall–Kier alpha value is -1.06. The summed E-state index contributed by atoms with van der Waals surface area (Å²) >= 11 is 0. The van der Waals surface area contributed by atoms with Crippen molar-refractivity contribution in [2.45, 2.75) is 31.3 Å². The van der Waals surface area contributed by atoms with E-state index in [0.717, 1.165) is 30.4 Å². The van der Waals surface area contributed by atoms with Crippen LogP contribution in [0.4, 0.5) is 0 Å². The number of hydrogen-bond donors (Lipinski definition) is 3. The third-order valence-corrected chi connectivity index (χ3v) is 3.08. The van der Waals surface area contributed by atoms with Crippen LogP contribution in [0.1, 0.15) is 30.4 Å². The fourth-order valence-corrected chi connectivity index (χ4v) is 1.94. The summed E-state index contributed by atoms with van der Waals surface area (Å²) in [7, 11) is 0. The lowest BCUT2D eigenvalue weighted by molar-refractivity contribution is 0.245. The molecule has 0 unspecified atom stereocenters. The van der Waals surface area contributed by atoms with Crippen LogP contribution in [0.5, 0.6) is 5.75 Å². The van der Waals surface area contributed by atoms with Gasteiger partial charge in [0.2, 0.25) is 0 Å². The number of hydrogen-bond acceptors (Lipinski definition) is 3. The van der Waals surface area contributed by atoms with Gasteiger partial charge in [0.15, 0.2) is 0 Å². The van der Waals surface area contributed by atoms with Gasteiger partial charge in [-0.3, -0.25) is 0 Å². The highest BCUT2D eigenvalue weighted by atomic mass is 16.3. The molecule has 14 heavy (non-hydrogen) atoms. The van der Waals surface area contributed by atoms with Crippen molar-refractivity contribution < 1.29 is 5.11 Å². The van der Waals surface area contributed by atoms with Gasteiger partial charge in [0.05, 0.1) is 0 Å². The zero-order valence-electron chi connectivity index (χ0n) is 8.16. The molecule has 1 aliphatic rings. The molecular formula is C11H16N2O. The minimum absolute atomic E-state index is 0.296. The van der Waals surface area contributed by atoms with Crippen LogP contribution in [-0.4, -0.2) is 5.11 Å². The van der Waals surface area contributed by atoms with E-state index in [1.165, 1.54) is 0 Å². The molecule has 0 aliphatic heterocycles. The Morgan fingerprint density at radius 2 is 2.07 bits per heavy atom. The van der Waals surface area contributed by atoms with E-state index in [9.17, 15) is 5.11 Å². The maximum absolute atomic E-state index is 9.71. The summed E-state index contributed by atoms with van der Waals surface area (Å²) in [5.74, 6) is 0.296. The fraction of sp³-hybridized carbons (Fsp3) is 0.455. The van der Waals surface area contributed by atoms with E-state index >= 15 is 0 Å². The van der Waals surface area contributed by atoms with E-state index < -0.39 is 0 Å². The topological polar surface area (TPSA) is 72.3 Å². The summed E-state index contributed by atoms with van der Waals surface area (Å²) < 4.78 is 0. The second-order valence-corrected chi connectivity index (χ2v) is 4.07. The predicted molar refractivity (Wildman–Crippen MR) is 55.7 cm³/mol. The van der Waals surface area contributed by atoms with Crippen molar-refractivity contribution in [2.75, 3.05) is 0 Å². The lowest BCUT2D eigenvalue weighted by atomic mass is 9.72. The molecule has 3 nitrogen and oxygen atoms in total. The molecule has 0 atom stereocenters. The zero-order chi connectivity index (χ0) is 10.2. The Labute approximate surface area is 83.7 Å². The van der Waals surface area contributed by atoms with Crippen molar-refractivity contribution in [1.82, 2.24) is 0 Å². The highest BCUT2D eigenvalue weighted by Crippen LogP contribution is 2.42. The maximum Gasteiger partial charge on any atom is 0.120 e. The fourth-order valence-electron chi connectivity index (χ4n) is 1.94. The Morgan fingerprint density at radius 3 is 2.57 bits per heavy atom. The van der Waals surface area contributed by atoms with Gasteiger partial charge in [-0.15, -0.1) is 0 Å². The second kappa shape index (κ2) is 3.26. The Bertz CT molecular complexity index is 345. The predicted octanol–water partition coefficient (Wildman–Crippen LogP) is 1.19. The molecule has 0 amide bonds. The minimum Gasteiger partial charge on any atom is -0.508 e. The summed E-state index contributed by atoms with van der Waals surface area (Å²) in [6.45, 7) is 0.489. The summed E-state index contributed by atoms with van der Waals surface area (Å²) in [5.41, 5.74) is 13.3. The summed E-state index contributed by atoms with van der Waals surface area (Å²) in [6.07, 6.45) is 3.05. The summed E-state index contributed by atoms with van der Waals surface area (Å²) in [5, 5.41) is 9.71. The Balaban J connectivity index is 2.40. The molecule has 1 aliphatic carbocycles. The minimum atomic E-state index is -0.310. The van der Waals surface area contributed by atoms with Crippen LogP contribution < -0.4 is 11.5 Å². The van der Waals surface area contributed by atoms with E-state index in [4.69, 9.17) is 11.5 Å². The molecule has 1 aromatic rings. The molecule has 5 N–H and O–H groups in total. The van der Waals surface area contributed by atoms with E-state index in [2.05, 4.69) is 0 Å². The van der Waals surface area contributed by atoms with E-state index in [1.54, 1.807) is 6.07 Å². The third-order valence-electron chi connectivity index (χ3n) is 3.08. The number of aromatic hydroxyl groups is 1. The van der Waals surface area contributed by atoms with Crippen LogP contribution in [0.3, 0.4) is 0 Å². The van der Waals surface area contributed by atoms with Gasteiger partial charge in [-0.2, -0.15) is 0 Å². The standard InChI is InChI=1S/C11H16N2O/c12-7-8-2-3-10(14)9(6-8)11(13)4-1-5-11/h2-3,6,14H,1,4-5,7,12-13H2. The third kappa shape index (κ3) is 1.38. The molecule has 0 aromatic heterocycles. The quantitative estimate of drug-likeness (QED) is 0.659.